The topological polar surface area (TPSA) is 42.2 Å². The lowest BCUT2D eigenvalue weighted by molar-refractivity contribution is 0.489. The maximum Gasteiger partial charge on any atom is 0.318 e. The molecule has 3 atom stereocenters. The highest BCUT2D eigenvalue weighted by atomic mass is 35.5. The van der Waals surface area contributed by atoms with Gasteiger partial charge in [-0.05, 0) is 18.8 Å². The van der Waals surface area contributed by atoms with Gasteiger partial charge in [0.15, 0.2) is 0 Å². The van der Waals surface area contributed by atoms with Gasteiger partial charge in [0.2, 0.25) is 5.89 Å². The molecule has 0 radical (unpaired) electrons. The van der Waals surface area contributed by atoms with Crippen LogP contribution in [-0.2, 0) is 0 Å². The molecule has 0 aromatic carbocycles. The molecule has 0 spiro atoms. The minimum absolute atomic E-state index is 0.219. The SMILES string of the molecule is CC(Cl)c1nnc(N2CC(C)C(C)C2)o1. The van der Waals surface area contributed by atoms with Gasteiger partial charge in [-0.1, -0.05) is 18.9 Å². The highest BCUT2D eigenvalue weighted by Gasteiger charge is 2.29. The second-order valence-corrected chi connectivity index (χ2v) is 5.05. The first-order valence-electron chi connectivity index (χ1n) is 5.30. The van der Waals surface area contributed by atoms with Crippen LogP contribution in [0.1, 0.15) is 32.0 Å². The average molecular weight is 230 g/mol. The van der Waals surface area contributed by atoms with Crippen molar-refractivity contribution in [1.82, 2.24) is 10.2 Å². The van der Waals surface area contributed by atoms with Gasteiger partial charge >= 0.3 is 6.01 Å². The van der Waals surface area contributed by atoms with Crippen molar-refractivity contribution in [2.45, 2.75) is 26.1 Å². The Balaban J connectivity index is 2.10. The first-order valence-corrected chi connectivity index (χ1v) is 5.74. The number of alkyl halides is 1. The summed E-state index contributed by atoms with van der Waals surface area (Å²) in [4.78, 5) is 2.13. The Bertz CT molecular complexity index is 329. The summed E-state index contributed by atoms with van der Waals surface area (Å²) in [5.41, 5.74) is 0. The second-order valence-electron chi connectivity index (χ2n) is 4.40. The van der Waals surface area contributed by atoms with Gasteiger partial charge in [0, 0.05) is 13.1 Å². The van der Waals surface area contributed by atoms with Gasteiger partial charge in [-0.25, -0.2) is 0 Å². The van der Waals surface area contributed by atoms with Gasteiger partial charge in [0.1, 0.15) is 5.38 Å². The Morgan fingerprint density at radius 1 is 1.33 bits per heavy atom. The standard InChI is InChI=1S/C10H16ClN3O/c1-6-4-14(5-7(6)2)10-13-12-9(15-10)8(3)11/h6-8H,4-5H2,1-3H3. The molecule has 3 unspecified atom stereocenters. The Labute approximate surface area is 94.6 Å². The van der Waals surface area contributed by atoms with E-state index in [-0.39, 0.29) is 5.38 Å². The molecule has 84 valence electrons. The number of halogens is 1. The third-order valence-corrected chi connectivity index (χ3v) is 3.22. The number of nitrogens with zero attached hydrogens (tertiary/aromatic N) is 3. The lowest BCUT2D eigenvalue weighted by atomic mass is 10.0. The van der Waals surface area contributed by atoms with Crippen molar-refractivity contribution < 1.29 is 4.42 Å². The third kappa shape index (κ3) is 2.09. The summed E-state index contributed by atoms with van der Waals surface area (Å²) >= 11 is 5.87. The molecular formula is C10H16ClN3O. The summed E-state index contributed by atoms with van der Waals surface area (Å²) in [6.07, 6.45) is 0. The van der Waals surface area contributed by atoms with Crippen molar-refractivity contribution in [2.24, 2.45) is 11.8 Å². The molecule has 2 heterocycles. The first-order chi connectivity index (χ1) is 7.08. The van der Waals surface area contributed by atoms with Crippen LogP contribution in [0.5, 0.6) is 0 Å². The van der Waals surface area contributed by atoms with Crippen LogP contribution in [-0.4, -0.2) is 23.3 Å². The van der Waals surface area contributed by atoms with E-state index in [2.05, 4.69) is 28.9 Å². The van der Waals surface area contributed by atoms with Crippen molar-refractivity contribution in [2.75, 3.05) is 18.0 Å². The zero-order valence-corrected chi connectivity index (χ0v) is 10.0. The molecule has 1 aliphatic rings. The van der Waals surface area contributed by atoms with Gasteiger partial charge in [-0.15, -0.1) is 16.7 Å². The molecular weight excluding hydrogens is 214 g/mol. The molecule has 4 nitrogen and oxygen atoms in total. The number of anilines is 1. The maximum absolute atomic E-state index is 5.87. The average Bonchev–Trinajstić information content (AvgIpc) is 2.74. The van der Waals surface area contributed by atoms with Gasteiger partial charge in [-0.3, -0.25) is 0 Å². The van der Waals surface area contributed by atoms with Crippen molar-refractivity contribution in [3.8, 4) is 0 Å². The van der Waals surface area contributed by atoms with E-state index in [1.165, 1.54) is 0 Å². The molecule has 2 rings (SSSR count). The van der Waals surface area contributed by atoms with Crippen LogP contribution < -0.4 is 4.90 Å². The zero-order chi connectivity index (χ0) is 11.0. The minimum atomic E-state index is -0.219. The number of hydrogen-bond acceptors (Lipinski definition) is 4. The van der Waals surface area contributed by atoms with Crippen molar-refractivity contribution >= 4 is 17.6 Å². The molecule has 0 bridgehead atoms. The summed E-state index contributed by atoms with van der Waals surface area (Å²) in [5.74, 6) is 1.85. The van der Waals surface area contributed by atoms with Crippen LogP contribution in [0.2, 0.25) is 0 Å². The Kier molecular flexibility index (Phi) is 2.87. The van der Waals surface area contributed by atoms with Gasteiger partial charge < -0.3 is 9.32 Å². The summed E-state index contributed by atoms with van der Waals surface area (Å²) in [7, 11) is 0. The molecule has 1 fully saturated rings. The Morgan fingerprint density at radius 3 is 2.40 bits per heavy atom. The summed E-state index contributed by atoms with van der Waals surface area (Å²) in [5, 5.41) is 7.71. The summed E-state index contributed by atoms with van der Waals surface area (Å²) < 4.78 is 5.50. The summed E-state index contributed by atoms with van der Waals surface area (Å²) in [6.45, 7) is 8.28. The Morgan fingerprint density at radius 2 is 1.93 bits per heavy atom. The van der Waals surface area contributed by atoms with E-state index in [1.807, 2.05) is 6.92 Å². The molecule has 1 aromatic heterocycles. The molecule has 1 aliphatic heterocycles. The van der Waals surface area contributed by atoms with Gasteiger partial charge in [-0.2, -0.15) is 0 Å². The molecule has 0 N–H and O–H groups in total. The monoisotopic (exact) mass is 229 g/mol. The van der Waals surface area contributed by atoms with Crippen LogP contribution in [0, 0.1) is 11.8 Å². The van der Waals surface area contributed by atoms with E-state index in [0.717, 1.165) is 13.1 Å². The van der Waals surface area contributed by atoms with Crippen LogP contribution in [0.25, 0.3) is 0 Å². The second kappa shape index (κ2) is 4.00. The summed E-state index contributed by atoms with van der Waals surface area (Å²) in [6, 6.07) is 0.605. The van der Waals surface area contributed by atoms with E-state index in [0.29, 0.717) is 23.7 Å². The lowest BCUT2D eigenvalue weighted by Gasteiger charge is -2.11. The van der Waals surface area contributed by atoms with Crippen LogP contribution in [0.15, 0.2) is 4.42 Å². The van der Waals surface area contributed by atoms with Gasteiger partial charge in [0.25, 0.3) is 0 Å². The Hall–Kier alpha value is -0.770. The minimum Gasteiger partial charge on any atom is -0.406 e. The highest BCUT2D eigenvalue weighted by molar-refractivity contribution is 6.20. The van der Waals surface area contributed by atoms with Crippen molar-refractivity contribution in [3.63, 3.8) is 0 Å². The number of aromatic nitrogens is 2. The normalized spacial score (nSPS) is 28.4. The largest absolute Gasteiger partial charge is 0.406 e. The fourth-order valence-corrected chi connectivity index (χ4v) is 1.89. The van der Waals surface area contributed by atoms with Crippen LogP contribution in [0.4, 0.5) is 6.01 Å². The van der Waals surface area contributed by atoms with Crippen LogP contribution >= 0.6 is 11.6 Å². The van der Waals surface area contributed by atoms with Crippen molar-refractivity contribution in [1.29, 1.82) is 0 Å². The van der Waals surface area contributed by atoms with Crippen LogP contribution in [0.3, 0.4) is 0 Å². The quantitative estimate of drug-likeness (QED) is 0.731. The van der Waals surface area contributed by atoms with E-state index in [1.54, 1.807) is 0 Å². The number of rotatable bonds is 2. The number of hydrogen-bond donors (Lipinski definition) is 0. The predicted molar refractivity (Wildman–Crippen MR) is 59.1 cm³/mol. The van der Waals surface area contributed by atoms with E-state index < -0.39 is 0 Å². The zero-order valence-electron chi connectivity index (χ0n) is 9.27. The van der Waals surface area contributed by atoms with E-state index in [4.69, 9.17) is 16.0 Å². The molecule has 0 aliphatic carbocycles. The smallest absolute Gasteiger partial charge is 0.318 e. The predicted octanol–water partition coefficient (Wildman–Crippen LogP) is 2.46. The molecule has 15 heavy (non-hydrogen) atoms. The highest BCUT2D eigenvalue weighted by Crippen LogP contribution is 2.28. The fraction of sp³-hybridized carbons (Fsp3) is 0.800. The van der Waals surface area contributed by atoms with Crippen molar-refractivity contribution in [3.05, 3.63) is 5.89 Å². The van der Waals surface area contributed by atoms with E-state index >= 15 is 0 Å². The van der Waals surface area contributed by atoms with Gasteiger partial charge in [0.05, 0.1) is 0 Å². The molecule has 0 amide bonds. The fourth-order valence-electron chi connectivity index (χ4n) is 1.80. The molecule has 5 heteroatoms. The van der Waals surface area contributed by atoms with E-state index in [9.17, 15) is 0 Å². The maximum atomic E-state index is 5.87. The lowest BCUT2D eigenvalue weighted by Crippen LogP contribution is -2.19. The molecule has 1 aromatic rings. The molecule has 0 saturated carbocycles. The first kappa shape index (κ1) is 10.7. The third-order valence-electron chi connectivity index (χ3n) is 3.03. The molecule has 1 saturated heterocycles.